The van der Waals surface area contributed by atoms with Crippen LogP contribution in [0.25, 0.3) is 11.0 Å². The molecular weight excluding hydrogens is 411 g/mol. The molecule has 0 aliphatic carbocycles. The van der Waals surface area contributed by atoms with Crippen molar-refractivity contribution in [3.05, 3.63) is 47.3 Å². The summed E-state index contributed by atoms with van der Waals surface area (Å²) in [5, 5.41) is 11.4. The van der Waals surface area contributed by atoms with Crippen LogP contribution in [0.1, 0.15) is 17.0 Å². The number of amides is 1. The Bertz CT molecular complexity index is 1200. The Hall–Kier alpha value is -2.99. The fraction of sp³-hybridized carbons (Fsp3) is 0.235. The maximum Gasteiger partial charge on any atom is 0.417 e. The third-order valence-electron chi connectivity index (χ3n) is 4.07. The average molecular weight is 427 g/mol. The molecule has 8 nitrogen and oxygen atoms in total. The van der Waals surface area contributed by atoms with Crippen LogP contribution in [0.3, 0.4) is 0 Å². The molecule has 0 atom stereocenters. The number of benzene rings is 1. The lowest BCUT2D eigenvalue weighted by atomic mass is 10.1. The van der Waals surface area contributed by atoms with Crippen LogP contribution in [0.15, 0.2) is 35.2 Å². The summed E-state index contributed by atoms with van der Waals surface area (Å²) < 4.78 is 63.7. The number of aryl methyl sites for hydroxylation is 2. The van der Waals surface area contributed by atoms with Crippen molar-refractivity contribution in [2.24, 2.45) is 5.14 Å². The number of hydrogen-bond acceptors (Lipinski definition) is 5. The number of nitrogens with one attached hydrogen (secondary N) is 1. The van der Waals surface area contributed by atoms with Crippen LogP contribution >= 0.6 is 0 Å². The summed E-state index contributed by atoms with van der Waals surface area (Å²) in [5.41, 5.74) is -0.372. The molecule has 3 aromatic rings. The lowest BCUT2D eigenvalue weighted by molar-refractivity contribution is -0.136. The second-order valence-electron chi connectivity index (χ2n) is 6.37. The number of nitrogens with two attached hydrogens (primary N) is 1. The van der Waals surface area contributed by atoms with E-state index in [1.807, 2.05) is 0 Å². The van der Waals surface area contributed by atoms with Crippen LogP contribution in [0.4, 0.5) is 18.9 Å². The van der Waals surface area contributed by atoms with Crippen molar-refractivity contribution >= 4 is 32.7 Å². The van der Waals surface area contributed by atoms with E-state index < -0.39 is 27.7 Å². The average Bonchev–Trinajstić information content (AvgIpc) is 2.88. The van der Waals surface area contributed by atoms with E-state index in [2.05, 4.69) is 15.4 Å². The van der Waals surface area contributed by atoms with Crippen LogP contribution in [-0.2, 0) is 27.5 Å². The van der Waals surface area contributed by atoms with E-state index in [1.54, 1.807) is 0 Å². The van der Waals surface area contributed by atoms with Crippen LogP contribution in [-0.4, -0.2) is 29.1 Å². The van der Waals surface area contributed by atoms with Gasteiger partial charge in [-0.2, -0.15) is 18.3 Å². The number of halogens is 3. The summed E-state index contributed by atoms with van der Waals surface area (Å²) in [6, 6.07) is 6.06. The molecule has 0 aliphatic heterocycles. The number of pyridine rings is 1. The molecule has 0 fully saturated rings. The number of primary sulfonamides is 1. The lowest BCUT2D eigenvalue weighted by Crippen LogP contribution is -2.20. The first-order valence-electron chi connectivity index (χ1n) is 8.21. The molecule has 0 saturated heterocycles. The SMILES string of the molecule is Cc1cc(C(F)(F)F)c2c(C)nn(CC(=O)Nc3ccc(S(N)(=O)=O)cc3)c2n1. The molecule has 2 aromatic heterocycles. The smallest absolute Gasteiger partial charge is 0.324 e. The van der Waals surface area contributed by atoms with E-state index in [0.717, 1.165) is 10.7 Å². The number of rotatable bonds is 4. The van der Waals surface area contributed by atoms with E-state index in [9.17, 15) is 26.4 Å². The second-order valence-corrected chi connectivity index (χ2v) is 7.93. The number of anilines is 1. The zero-order valence-electron chi connectivity index (χ0n) is 15.3. The Kier molecular flexibility index (Phi) is 5.09. The number of alkyl halides is 3. The minimum atomic E-state index is -4.59. The Morgan fingerprint density at radius 1 is 1.21 bits per heavy atom. The zero-order chi connectivity index (χ0) is 21.6. The van der Waals surface area contributed by atoms with Crippen LogP contribution < -0.4 is 10.5 Å². The minimum absolute atomic E-state index is 0.0467. The number of carbonyl (C=O) groups excluding carboxylic acids is 1. The molecule has 0 radical (unpaired) electrons. The standard InChI is InChI=1S/C17H16F3N5O3S/c1-9-7-13(17(18,19)20)15-10(2)24-25(16(15)22-9)8-14(26)23-11-3-5-12(6-4-11)29(21,27)28/h3-7H,8H2,1-2H3,(H,23,26)(H2,21,27,28). The highest BCUT2D eigenvalue weighted by atomic mass is 32.2. The molecule has 154 valence electrons. The van der Waals surface area contributed by atoms with Crippen molar-refractivity contribution in [2.75, 3.05) is 5.32 Å². The topological polar surface area (TPSA) is 120 Å². The fourth-order valence-corrected chi connectivity index (χ4v) is 3.39. The van der Waals surface area contributed by atoms with Gasteiger partial charge in [0.2, 0.25) is 15.9 Å². The van der Waals surface area contributed by atoms with Crippen LogP contribution in [0.5, 0.6) is 0 Å². The third kappa shape index (κ3) is 4.38. The van der Waals surface area contributed by atoms with Crippen molar-refractivity contribution in [1.29, 1.82) is 0 Å². The molecule has 3 rings (SSSR count). The Morgan fingerprint density at radius 3 is 2.38 bits per heavy atom. The van der Waals surface area contributed by atoms with Gasteiger partial charge in [0.1, 0.15) is 6.54 Å². The molecule has 0 bridgehead atoms. The number of sulfonamides is 1. The van der Waals surface area contributed by atoms with E-state index in [4.69, 9.17) is 5.14 Å². The Morgan fingerprint density at radius 2 is 1.83 bits per heavy atom. The molecule has 2 heterocycles. The van der Waals surface area contributed by atoms with Gasteiger partial charge in [-0.1, -0.05) is 0 Å². The van der Waals surface area contributed by atoms with Gasteiger partial charge in [-0.25, -0.2) is 23.2 Å². The molecular formula is C17H16F3N5O3S. The number of fused-ring (bicyclic) bond motifs is 1. The molecule has 29 heavy (non-hydrogen) atoms. The maximum atomic E-state index is 13.4. The molecule has 3 N–H and O–H groups in total. The highest BCUT2D eigenvalue weighted by Crippen LogP contribution is 2.36. The van der Waals surface area contributed by atoms with Crippen molar-refractivity contribution in [3.63, 3.8) is 0 Å². The fourth-order valence-electron chi connectivity index (χ4n) is 2.88. The normalized spacial score (nSPS) is 12.3. The zero-order valence-corrected chi connectivity index (χ0v) is 16.1. The number of nitrogens with zero attached hydrogens (tertiary/aromatic N) is 3. The van der Waals surface area contributed by atoms with E-state index in [-0.39, 0.29) is 39.5 Å². The maximum absolute atomic E-state index is 13.4. The van der Waals surface area contributed by atoms with Gasteiger partial charge >= 0.3 is 6.18 Å². The lowest BCUT2D eigenvalue weighted by Gasteiger charge is -2.10. The second kappa shape index (κ2) is 7.12. The van der Waals surface area contributed by atoms with E-state index >= 15 is 0 Å². The first-order valence-corrected chi connectivity index (χ1v) is 9.75. The van der Waals surface area contributed by atoms with Gasteiger partial charge in [-0.05, 0) is 44.2 Å². The van der Waals surface area contributed by atoms with Gasteiger partial charge in [0.25, 0.3) is 0 Å². The Labute approximate surface area is 163 Å². The summed E-state index contributed by atoms with van der Waals surface area (Å²) >= 11 is 0. The van der Waals surface area contributed by atoms with Gasteiger partial charge in [-0.3, -0.25) is 4.79 Å². The highest BCUT2D eigenvalue weighted by Gasteiger charge is 2.35. The predicted molar refractivity (Wildman–Crippen MR) is 98.4 cm³/mol. The minimum Gasteiger partial charge on any atom is -0.324 e. The molecule has 0 unspecified atom stereocenters. The quantitative estimate of drug-likeness (QED) is 0.662. The van der Waals surface area contributed by atoms with Crippen LogP contribution in [0, 0.1) is 13.8 Å². The summed E-state index contributed by atoms with van der Waals surface area (Å²) in [4.78, 5) is 16.3. The van der Waals surface area contributed by atoms with E-state index in [0.29, 0.717) is 0 Å². The highest BCUT2D eigenvalue weighted by molar-refractivity contribution is 7.89. The summed E-state index contributed by atoms with van der Waals surface area (Å²) in [6.45, 7) is 2.46. The summed E-state index contributed by atoms with van der Waals surface area (Å²) in [5.74, 6) is -0.574. The summed E-state index contributed by atoms with van der Waals surface area (Å²) in [7, 11) is -3.87. The first-order chi connectivity index (χ1) is 13.4. The molecule has 1 aromatic carbocycles. The molecule has 0 saturated carbocycles. The number of aromatic nitrogens is 3. The number of hydrogen-bond donors (Lipinski definition) is 2. The summed E-state index contributed by atoms with van der Waals surface area (Å²) in [6.07, 6.45) is -4.59. The third-order valence-corrected chi connectivity index (χ3v) is 5.00. The van der Waals surface area contributed by atoms with Gasteiger partial charge in [0.05, 0.1) is 21.5 Å². The van der Waals surface area contributed by atoms with Crippen molar-refractivity contribution in [1.82, 2.24) is 14.8 Å². The largest absolute Gasteiger partial charge is 0.417 e. The molecule has 12 heteroatoms. The number of carbonyl (C=O) groups is 1. The van der Waals surface area contributed by atoms with Gasteiger partial charge in [-0.15, -0.1) is 0 Å². The predicted octanol–water partition coefficient (Wildman–Crippen LogP) is 2.35. The molecule has 0 aliphatic rings. The van der Waals surface area contributed by atoms with Gasteiger partial charge in [0, 0.05) is 11.4 Å². The van der Waals surface area contributed by atoms with E-state index in [1.165, 1.54) is 38.1 Å². The monoisotopic (exact) mass is 427 g/mol. The Balaban J connectivity index is 1.89. The molecule has 0 spiro atoms. The van der Waals surface area contributed by atoms with Crippen molar-refractivity contribution < 1.29 is 26.4 Å². The first kappa shape index (κ1) is 20.7. The van der Waals surface area contributed by atoms with Gasteiger partial charge < -0.3 is 5.32 Å². The van der Waals surface area contributed by atoms with Crippen LogP contribution in [0.2, 0.25) is 0 Å². The van der Waals surface area contributed by atoms with Crippen molar-refractivity contribution in [2.45, 2.75) is 31.5 Å². The van der Waals surface area contributed by atoms with Crippen molar-refractivity contribution in [3.8, 4) is 0 Å². The van der Waals surface area contributed by atoms with Gasteiger partial charge in [0.15, 0.2) is 5.65 Å². The molecule has 1 amide bonds.